The van der Waals surface area contributed by atoms with Crippen LogP contribution in [-0.2, 0) is 14.3 Å². The van der Waals surface area contributed by atoms with E-state index in [1.54, 1.807) is 12.1 Å². The summed E-state index contributed by atoms with van der Waals surface area (Å²) < 4.78 is 11.0. The molecule has 3 heterocycles. The molecule has 4 rings (SSSR count). The van der Waals surface area contributed by atoms with Crippen LogP contribution in [0.3, 0.4) is 0 Å². The highest BCUT2D eigenvalue weighted by atomic mass is 32.2. The van der Waals surface area contributed by atoms with Gasteiger partial charge >= 0.3 is 16.8 Å². The summed E-state index contributed by atoms with van der Waals surface area (Å²) in [4.78, 5) is 41.2. The lowest BCUT2D eigenvalue weighted by molar-refractivity contribution is -0.150. The minimum Gasteiger partial charge on any atom is -0.465 e. The number of rotatable bonds is 7. The highest BCUT2D eigenvalue weighted by Gasteiger charge is 2.52. The molecule has 2 aliphatic rings. The van der Waals surface area contributed by atoms with Gasteiger partial charge in [0.2, 0.25) is 0 Å². The Hall–Kier alpha value is -2.06. The summed E-state index contributed by atoms with van der Waals surface area (Å²) in [7, 11) is 0. The molecule has 8 heteroatoms. The van der Waals surface area contributed by atoms with E-state index in [1.165, 1.54) is 18.2 Å². The Morgan fingerprint density at radius 1 is 1.17 bits per heavy atom. The summed E-state index contributed by atoms with van der Waals surface area (Å²) >= 11 is 2.29. The Kier molecular flexibility index (Phi) is 6.10. The quantitative estimate of drug-likeness (QED) is 0.402. The molecule has 1 aromatic heterocycles. The SMILES string of the molecule is CCCCCCCOC(=O)[C@H]1Sc2[nH]c(=O)sc2[C@H]2c3ccccc3OC(=O)[C@H]21. The average molecular weight is 434 g/mol. The zero-order valence-electron chi connectivity index (χ0n) is 16.1. The van der Waals surface area contributed by atoms with Crippen molar-refractivity contribution < 1.29 is 19.1 Å². The number of aromatic nitrogens is 1. The van der Waals surface area contributed by atoms with Crippen molar-refractivity contribution in [3.05, 3.63) is 44.4 Å². The van der Waals surface area contributed by atoms with Gasteiger partial charge in [-0.3, -0.25) is 14.4 Å². The minimum atomic E-state index is -0.741. The molecule has 6 nitrogen and oxygen atoms in total. The number of thiazole rings is 1. The molecule has 2 aliphatic heterocycles. The van der Waals surface area contributed by atoms with Gasteiger partial charge in [0.15, 0.2) is 0 Å². The zero-order chi connectivity index (χ0) is 20.4. The van der Waals surface area contributed by atoms with Gasteiger partial charge in [-0.2, -0.15) is 0 Å². The molecule has 0 aliphatic carbocycles. The van der Waals surface area contributed by atoms with Gasteiger partial charge in [-0.05, 0) is 12.5 Å². The van der Waals surface area contributed by atoms with E-state index in [2.05, 4.69) is 11.9 Å². The van der Waals surface area contributed by atoms with E-state index in [0.29, 0.717) is 17.4 Å². The van der Waals surface area contributed by atoms with Crippen LogP contribution >= 0.6 is 23.1 Å². The molecular formula is C21H23NO5S2. The smallest absolute Gasteiger partial charge is 0.320 e. The summed E-state index contributed by atoms with van der Waals surface area (Å²) in [5, 5.41) is -0.0927. The van der Waals surface area contributed by atoms with Crippen molar-refractivity contribution in [2.75, 3.05) is 6.61 Å². The fourth-order valence-corrected chi connectivity index (χ4v) is 6.37. The number of aromatic amines is 1. The van der Waals surface area contributed by atoms with Gasteiger partial charge < -0.3 is 14.5 Å². The number of esters is 2. The number of carbonyl (C=O) groups is 2. The third-order valence-electron chi connectivity index (χ3n) is 5.32. The number of thioether (sulfide) groups is 1. The maximum absolute atomic E-state index is 12.9. The van der Waals surface area contributed by atoms with Crippen molar-refractivity contribution in [1.29, 1.82) is 0 Å². The van der Waals surface area contributed by atoms with Crippen molar-refractivity contribution >= 4 is 35.0 Å². The van der Waals surface area contributed by atoms with Crippen molar-refractivity contribution in [2.45, 2.75) is 55.2 Å². The molecule has 154 valence electrons. The Morgan fingerprint density at radius 3 is 2.79 bits per heavy atom. The molecule has 0 radical (unpaired) electrons. The van der Waals surface area contributed by atoms with Crippen molar-refractivity contribution in [3.8, 4) is 5.75 Å². The molecule has 0 unspecified atom stereocenters. The van der Waals surface area contributed by atoms with Gasteiger partial charge in [0.1, 0.15) is 11.0 Å². The van der Waals surface area contributed by atoms with E-state index < -0.39 is 23.1 Å². The van der Waals surface area contributed by atoms with E-state index >= 15 is 0 Å². The molecular weight excluding hydrogens is 410 g/mol. The monoisotopic (exact) mass is 433 g/mol. The molecule has 0 saturated heterocycles. The summed E-state index contributed by atoms with van der Waals surface area (Å²) in [6.07, 6.45) is 5.29. The lowest BCUT2D eigenvalue weighted by Crippen LogP contribution is -2.44. The van der Waals surface area contributed by atoms with Gasteiger partial charge in [0.25, 0.3) is 0 Å². The number of hydrogen-bond donors (Lipinski definition) is 1. The Morgan fingerprint density at radius 2 is 1.97 bits per heavy atom. The maximum atomic E-state index is 12.9. The van der Waals surface area contributed by atoms with Crippen molar-refractivity contribution in [2.24, 2.45) is 5.92 Å². The number of para-hydroxylation sites is 1. The predicted molar refractivity (Wildman–Crippen MR) is 112 cm³/mol. The number of carbonyl (C=O) groups excluding carboxylic acids is 2. The first-order valence-electron chi connectivity index (χ1n) is 9.97. The number of hydrogen-bond acceptors (Lipinski definition) is 7. The predicted octanol–water partition coefficient (Wildman–Crippen LogP) is 4.09. The van der Waals surface area contributed by atoms with E-state index in [-0.39, 0.29) is 10.8 Å². The van der Waals surface area contributed by atoms with E-state index in [4.69, 9.17) is 9.47 Å². The highest BCUT2D eigenvalue weighted by Crippen LogP contribution is 2.53. The van der Waals surface area contributed by atoms with Gasteiger partial charge in [-0.1, -0.05) is 73.9 Å². The summed E-state index contributed by atoms with van der Waals surface area (Å²) in [5.41, 5.74) is 0.825. The van der Waals surface area contributed by atoms with Crippen LogP contribution in [0.25, 0.3) is 0 Å². The molecule has 0 fully saturated rings. The first-order chi connectivity index (χ1) is 14.1. The minimum absolute atomic E-state index is 0.192. The molecule has 1 aromatic carbocycles. The topological polar surface area (TPSA) is 85.5 Å². The molecule has 2 aromatic rings. The Bertz CT molecular complexity index is 966. The van der Waals surface area contributed by atoms with E-state index in [0.717, 1.165) is 47.5 Å². The summed E-state index contributed by atoms with van der Waals surface area (Å²) in [6.45, 7) is 2.50. The number of fused-ring (bicyclic) bond motifs is 5. The van der Waals surface area contributed by atoms with Gasteiger partial charge in [0, 0.05) is 16.4 Å². The molecule has 3 atom stereocenters. The lowest BCUT2D eigenvalue weighted by atomic mass is 9.80. The van der Waals surface area contributed by atoms with Crippen molar-refractivity contribution in [3.63, 3.8) is 0 Å². The number of nitrogens with one attached hydrogen (secondary N) is 1. The van der Waals surface area contributed by atoms with E-state index in [9.17, 15) is 14.4 Å². The van der Waals surface area contributed by atoms with Crippen molar-refractivity contribution in [1.82, 2.24) is 4.98 Å². The summed E-state index contributed by atoms with van der Waals surface area (Å²) in [6, 6.07) is 7.30. The van der Waals surface area contributed by atoms with Crippen LogP contribution in [0.5, 0.6) is 5.75 Å². The maximum Gasteiger partial charge on any atom is 0.320 e. The van der Waals surface area contributed by atoms with Crippen LogP contribution in [-0.4, -0.2) is 28.8 Å². The largest absolute Gasteiger partial charge is 0.465 e. The second-order valence-corrected chi connectivity index (χ2v) is 9.46. The Labute approximate surface area is 177 Å². The van der Waals surface area contributed by atoms with Crippen LogP contribution in [0, 0.1) is 5.92 Å². The van der Waals surface area contributed by atoms with Gasteiger partial charge in [0.05, 0.1) is 17.6 Å². The first-order valence-corrected chi connectivity index (χ1v) is 11.7. The first kappa shape index (κ1) is 20.2. The van der Waals surface area contributed by atoms with Crippen LogP contribution < -0.4 is 9.61 Å². The normalized spacial score (nSPS) is 22.2. The average Bonchev–Trinajstić information content (AvgIpc) is 3.09. The lowest BCUT2D eigenvalue weighted by Gasteiger charge is -2.37. The number of H-pyrrole nitrogens is 1. The van der Waals surface area contributed by atoms with Crippen LogP contribution in [0.2, 0.25) is 0 Å². The molecule has 0 amide bonds. The third kappa shape index (κ3) is 4.00. The number of benzene rings is 1. The number of ether oxygens (including phenoxy) is 2. The van der Waals surface area contributed by atoms with Crippen LogP contribution in [0.4, 0.5) is 0 Å². The third-order valence-corrected chi connectivity index (χ3v) is 7.71. The van der Waals surface area contributed by atoms with Crippen LogP contribution in [0.1, 0.15) is 55.4 Å². The molecule has 1 N–H and O–H groups in total. The molecule has 0 bridgehead atoms. The second kappa shape index (κ2) is 8.75. The Balaban J connectivity index is 1.58. The van der Waals surface area contributed by atoms with Gasteiger partial charge in [-0.25, -0.2) is 0 Å². The summed E-state index contributed by atoms with van der Waals surface area (Å²) in [5.74, 6) is -1.47. The molecule has 0 saturated carbocycles. The standard InChI is InChI=1S/C21H23NO5S2/c1-2-3-4-5-8-11-26-20(24)17-15-14(16-18(28-17)22-21(25)29-16)12-9-6-7-10-13(12)27-19(15)23/h6-7,9-10,14-15,17H,2-5,8,11H2,1H3,(H,22,25)/t14-,15+,17-/m0/s1. The fourth-order valence-electron chi connectivity index (χ4n) is 3.91. The molecule has 29 heavy (non-hydrogen) atoms. The fraction of sp³-hybridized carbons (Fsp3) is 0.476. The molecule has 0 spiro atoms. The van der Waals surface area contributed by atoms with Gasteiger partial charge in [-0.15, -0.1) is 0 Å². The van der Waals surface area contributed by atoms with Crippen LogP contribution in [0.15, 0.2) is 34.1 Å². The second-order valence-electron chi connectivity index (χ2n) is 7.29. The number of unbranched alkanes of at least 4 members (excludes halogenated alkanes) is 4. The zero-order valence-corrected chi connectivity index (χ0v) is 17.8. The van der Waals surface area contributed by atoms with E-state index in [1.807, 2.05) is 12.1 Å². The highest BCUT2D eigenvalue weighted by molar-refractivity contribution is 8.00.